The van der Waals surface area contributed by atoms with E-state index in [-0.39, 0.29) is 23.8 Å². The molecule has 7 nitrogen and oxygen atoms in total. The van der Waals surface area contributed by atoms with E-state index in [1.807, 2.05) is 43.7 Å². The van der Waals surface area contributed by atoms with E-state index in [0.717, 1.165) is 35.4 Å². The summed E-state index contributed by atoms with van der Waals surface area (Å²) in [5.74, 6) is 0.759. The maximum atomic E-state index is 12.0. The first kappa shape index (κ1) is 18.4. The van der Waals surface area contributed by atoms with Crippen molar-refractivity contribution in [2.24, 2.45) is 13.0 Å². The second kappa shape index (κ2) is 7.86. The van der Waals surface area contributed by atoms with Crippen LogP contribution >= 0.6 is 0 Å². The van der Waals surface area contributed by atoms with Gasteiger partial charge in [-0.2, -0.15) is 0 Å². The van der Waals surface area contributed by atoms with Gasteiger partial charge in [-0.05, 0) is 31.0 Å². The number of carbonyl (C=O) groups excluding carboxylic acids is 2. The second-order valence-electron chi connectivity index (χ2n) is 6.98. The van der Waals surface area contributed by atoms with E-state index in [0.29, 0.717) is 19.6 Å². The van der Waals surface area contributed by atoms with Crippen LogP contribution in [0.15, 0.2) is 18.2 Å². The van der Waals surface area contributed by atoms with Gasteiger partial charge in [-0.25, -0.2) is 4.98 Å². The van der Waals surface area contributed by atoms with E-state index in [9.17, 15) is 9.59 Å². The molecule has 2 heterocycles. The Labute approximate surface area is 153 Å². The van der Waals surface area contributed by atoms with Gasteiger partial charge in [-0.1, -0.05) is 13.8 Å². The summed E-state index contributed by atoms with van der Waals surface area (Å²) in [6, 6.07) is 5.71. The number of nitrogens with zero attached hydrogens (tertiary/aromatic N) is 2. The average Bonchev–Trinajstić information content (AvgIpc) is 3.24. The van der Waals surface area contributed by atoms with E-state index in [1.54, 1.807) is 0 Å². The molecule has 2 aromatic rings. The van der Waals surface area contributed by atoms with Crippen molar-refractivity contribution in [1.82, 2.24) is 14.9 Å². The molecule has 1 saturated heterocycles. The van der Waals surface area contributed by atoms with E-state index in [4.69, 9.17) is 4.74 Å². The molecular formula is C19H26N4O3. The second-order valence-corrected chi connectivity index (χ2v) is 6.98. The first-order valence-electron chi connectivity index (χ1n) is 9.11. The van der Waals surface area contributed by atoms with Crippen molar-refractivity contribution in [1.29, 1.82) is 0 Å². The maximum absolute atomic E-state index is 12.0. The standard InChI is InChI=1S/C19H26N4O3/c1-12(2)18(24)21-13-6-7-15-14(11-13)22-17(23(15)3)8-9-20-19(25)16-5-4-10-26-16/h6-7,11-12,16H,4-5,8-10H2,1-3H3,(H,20,25)(H,21,24). The Kier molecular flexibility index (Phi) is 5.56. The molecule has 1 aliphatic rings. The van der Waals surface area contributed by atoms with Crippen molar-refractivity contribution < 1.29 is 14.3 Å². The van der Waals surface area contributed by atoms with Gasteiger partial charge in [0, 0.05) is 38.2 Å². The predicted molar refractivity (Wildman–Crippen MR) is 99.9 cm³/mol. The monoisotopic (exact) mass is 358 g/mol. The van der Waals surface area contributed by atoms with Gasteiger partial charge in [0.15, 0.2) is 0 Å². The van der Waals surface area contributed by atoms with Gasteiger partial charge in [-0.3, -0.25) is 9.59 Å². The van der Waals surface area contributed by atoms with Crippen LogP contribution in [0.1, 0.15) is 32.5 Å². The van der Waals surface area contributed by atoms with Crippen LogP contribution in [-0.4, -0.2) is 40.6 Å². The molecule has 0 radical (unpaired) electrons. The van der Waals surface area contributed by atoms with Gasteiger partial charge < -0.3 is 19.9 Å². The molecule has 0 aliphatic carbocycles. The zero-order chi connectivity index (χ0) is 18.7. The minimum atomic E-state index is -0.303. The van der Waals surface area contributed by atoms with Crippen molar-refractivity contribution in [3.05, 3.63) is 24.0 Å². The first-order chi connectivity index (χ1) is 12.5. The summed E-state index contributed by atoms with van der Waals surface area (Å²) < 4.78 is 7.40. The summed E-state index contributed by atoms with van der Waals surface area (Å²) in [6.45, 7) is 4.90. The van der Waals surface area contributed by atoms with E-state index in [1.165, 1.54) is 0 Å². The number of amides is 2. The predicted octanol–water partition coefficient (Wildman–Crippen LogP) is 2.01. The molecule has 0 spiro atoms. The molecular weight excluding hydrogens is 332 g/mol. The lowest BCUT2D eigenvalue weighted by Gasteiger charge is -2.10. The molecule has 7 heteroatoms. The fraction of sp³-hybridized carbons (Fsp3) is 0.526. The molecule has 2 N–H and O–H groups in total. The topological polar surface area (TPSA) is 85.2 Å². The van der Waals surface area contributed by atoms with Crippen LogP contribution in [0, 0.1) is 5.92 Å². The Bertz CT molecular complexity index is 806. The van der Waals surface area contributed by atoms with Gasteiger partial charge in [0.05, 0.1) is 11.0 Å². The molecule has 0 bridgehead atoms. The molecule has 1 fully saturated rings. The number of aromatic nitrogens is 2. The highest BCUT2D eigenvalue weighted by molar-refractivity contribution is 5.94. The lowest BCUT2D eigenvalue weighted by atomic mass is 10.2. The number of aryl methyl sites for hydroxylation is 1. The largest absolute Gasteiger partial charge is 0.368 e. The Morgan fingerprint density at radius 3 is 2.88 bits per heavy atom. The number of nitrogens with one attached hydrogen (secondary N) is 2. The minimum absolute atomic E-state index is 0.0163. The third kappa shape index (κ3) is 4.04. The van der Waals surface area contributed by atoms with Crippen LogP contribution in [-0.2, 0) is 27.8 Å². The molecule has 140 valence electrons. The van der Waals surface area contributed by atoms with Crippen molar-refractivity contribution >= 4 is 28.5 Å². The van der Waals surface area contributed by atoms with Crippen LogP contribution in [0.3, 0.4) is 0 Å². The number of anilines is 1. The number of benzene rings is 1. The zero-order valence-electron chi connectivity index (χ0n) is 15.5. The number of fused-ring (bicyclic) bond motifs is 1. The summed E-state index contributed by atoms with van der Waals surface area (Å²) in [4.78, 5) is 28.5. The van der Waals surface area contributed by atoms with Crippen molar-refractivity contribution in [3.63, 3.8) is 0 Å². The van der Waals surface area contributed by atoms with Gasteiger partial charge >= 0.3 is 0 Å². The number of hydrogen-bond acceptors (Lipinski definition) is 4. The van der Waals surface area contributed by atoms with Crippen LogP contribution in [0.5, 0.6) is 0 Å². The summed E-state index contributed by atoms with van der Waals surface area (Å²) in [5, 5.41) is 5.81. The van der Waals surface area contributed by atoms with Gasteiger partial charge in [0.1, 0.15) is 11.9 Å². The summed E-state index contributed by atoms with van der Waals surface area (Å²) in [7, 11) is 1.96. The Morgan fingerprint density at radius 2 is 2.19 bits per heavy atom. The van der Waals surface area contributed by atoms with Gasteiger partial charge in [-0.15, -0.1) is 0 Å². The summed E-state index contributed by atoms with van der Waals surface area (Å²) in [6.07, 6.45) is 2.07. The molecule has 1 aromatic heterocycles. The average molecular weight is 358 g/mol. The van der Waals surface area contributed by atoms with Gasteiger partial charge in [0.25, 0.3) is 0 Å². The molecule has 3 rings (SSSR count). The SMILES string of the molecule is CC(C)C(=O)Nc1ccc2c(c1)nc(CCNC(=O)C1CCCO1)n2C. The van der Waals surface area contributed by atoms with Crippen LogP contribution in [0.25, 0.3) is 11.0 Å². The number of ether oxygens (including phenoxy) is 1. The Balaban J connectivity index is 1.64. The van der Waals surface area contributed by atoms with E-state index < -0.39 is 0 Å². The highest BCUT2D eigenvalue weighted by atomic mass is 16.5. The fourth-order valence-electron chi connectivity index (χ4n) is 3.03. The molecule has 2 amide bonds. The molecule has 1 aromatic carbocycles. The molecule has 0 saturated carbocycles. The summed E-state index contributed by atoms with van der Waals surface area (Å²) >= 11 is 0. The van der Waals surface area contributed by atoms with Crippen LogP contribution in [0.2, 0.25) is 0 Å². The highest BCUT2D eigenvalue weighted by Gasteiger charge is 2.23. The van der Waals surface area contributed by atoms with E-state index in [2.05, 4.69) is 15.6 Å². The number of carbonyl (C=O) groups is 2. The highest BCUT2D eigenvalue weighted by Crippen LogP contribution is 2.20. The lowest BCUT2D eigenvalue weighted by Crippen LogP contribution is -2.35. The van der Waals surface area contributed by atoms with Crippen molar-refractivity contribution in [3.8, 4) is 0 Å². The Morgan fingerprint density at radius 1 is 1.38 bits per heavy atom. The molecule has 1 unspecified atom stereocenters. The normalized spacial score (nSPS) is 17.0. The molecule has 26 heavy (non-hydrogen) atoms. The lowest BCUT2D eigenvalue weighted by molar-refractivity contribution is -0.130. The molecule has 1 atom stereocenters. The first-order valence-corrected chi connectivity index (χ1v) is 9.11. The smallest absolute Gasteiger partial charge is 0.249 e. The zero-order valence-corrected chi connectivity index (χ0v) is 15.5. The van der Waals surface area contributed by atoms with Crippen LogP contribution in [0.4, 0.5) is 5.69 Å². The summed E-state index contributed by atoms with van der Waals surface area (Å²) in [5.41, 5.74) is 2.56. The number of hydrogen-bond donors (Lipinski definition) is 2. The van der Waals surface area contributed by atoms with E-state index >= 15 is 0 Å². The van der Waals surface area contributed by atoms with Crippen LogP contribution < -0.4 is 10.6 Å². The fourth-order valence-corrected chi connectivity index (χ4v) is 3.03. The Hall–Kier alpha value is -2.41. The van der Waals surface area contributed by atoms with Gasteiger partial charge in [0.2, 0.25) is 11.8 Å². The molecule has 1 aliphatic heterocycles. The third-order valence-electron chi connectivity index (χ3n) is 4.64. The van der Waals surface area contributed by atoms with Crippen molar-refractivity contribution in [2.45, 2.75) is 39.2 Å². The minimum Gasteiger partial charge on any atom is -0.368 e. The number of imidazole rings is 1. The van der Waals surface area contributed by atoms with Crippen molar-refractivity contribution in [2.75, 3.05) is 18.5 Å². The maximum Gasteiger partial charge on any atom is 0.249 e. The quantitative estimate of drug-likeness (QED) is 0.827. The third-order valence-corrected chi connectivity index (χ3v) is 4.64. The number of rotatable bonds is 6.